The molecule has 4 rings (SSSR count). The first-order valence-electron chi connectivity index (χ1n) is 9.21. The standard InChI is InChI=1S/C21H17ClN6O3/c1-30-18-7-6-14(22)11-16(18)26-21(29)25-15-5-3-2-4-13(15)10-19-27-20(28-31-19)17-12-23-8-9-24-17/h2-9,11-12H,10H2,1H3,(H2,25,26,29). The number of rotatable bonds is 6. The van der Waals surface area contributed by atoms with Gasteiger partial charge in [-0.05, 0) is 29.8 Å². The highest BCUT2D eigenvalue weighted by molar-refractivity contribution is 6.31. The molecule has 0 aliphatic heterocycles. The van der Waals surface area contributed by atoms with Gasteiger partial charge in [0.25, 0.3) is 0 Å². The number of benzene rings is 2. The highest BCUT2D eigenvalue weighted by atomic mass is 35.5. The summed E-state index contributed by atoms with van der Waals surface area (Å²) in [5, 5.41) is 9.99. The zero-order valence-electron chi connectivity index (χ0n) is 16.4. The number of para-hydroxylation sites is 1. The normalized spacial score (nSPS) is 10.5. The Bertz CT molecular complexity index is 1200. The lowest BCUT2D eigenvalue weighted by Gasteiger charge is -2.13. The molecule has 0 radical (unpaired) electrons. The summed E-state index contributed by atoms with van der Waals surface area (Å²) in [6.07, 6.45) is 5.00. The molecule has 0 saturated carbocycles. The van der Waals surface area contributed by atoms with Crippen LogP contribution in [-0.2, 0) is 6.42 Å². The fraction of sp³-hybridized carbons (Fsp3) is 0.0952. The maximum Gasteiger partial charge on any atom is 0.323 e. The molecule has 156 valence electrons. The second kappa shape index (κ2) is 9.23. The first-order valence-corrected chi connectivity index (χ1v) is 9.58. The highest BCUT2D eigenvalue weighted by Gasteiger charge is 2.14. The maximum atomic E-state index is 12.6. The number of aromatic nitrogens is 4. The maximum absolute atomic E-state index is 12.6. The number of amides is 2. The molecule has 31 heavy (non-hydrogen) atoms. The quantitative estimate of drug-likeness (QED) is 0.459. The molecule has 2 N–H and O–H groups in total. The Morgan fingerprint density at radius 3 is 2.77 bits per heavy atom. The van der Waals surface area contributed by atoms with E-state index in [2.05, 4.69) is 30.7 Å². The number of nitrogens with zero attached hydrogens (tertiary/aromatic N) is 4. The summed E-state index contributed by atoms with van der Waals surface area (Å²) in [5.74, 6) is 1.22. The lowest BCUT2D eigenvalue weighted by molar-refractivity contribution is 0.262. The van der Waals surface area contributed by atoms with Crippen molar-refractivity contribution in [2.24, 2.45) is 0 Å². The predicted molar refractivity (Wildman–Crippen MR) is 115 cm³/mol. The van der Waals surface area contributed by atoms with Crippen molar-refractivity contribution < 1.29 is 14.1 Å². The second-order valence-corrected chi connectivity index (χ2v) is 6.80. The summed E-state index contributed by atoms with van der Waals surface area (Å²) in [5.41, 5.74) is 2.36. The Morgan fingerprint density at radius 2 is 1.97 bits per heavy atom. The molecule has 4 aromatic rings. The molecule has 0 fully saturated rings. The third-order valence-electron chi connectivity index (χ3n) is 4.28. The van der Waals surface area contributed by atoms with Crippen LogP contribution in [0.2, 0.25) is 5.02 Å². The van der Waals surface area contributed by atoms with E-state index in [9.17, 15) is 4.79 Å². The fourth-order valence-electron chi connectivity index (χ4n) is 2.86. The Morgan fingerprint density at radius 1 is 1.13 bits per heavy atom. The van der Waals surface area contributed by atoms with E-state index in [-0.39, 0.29) is 0 Å². The molecule has 0 atom stereocenters. The topological polar surface area (TPSA) is 115 Å². The SMILES string of the molecule is COc1ccc(Cl)cc1NC(=O)Nc1ccccc1Cc1nc(-c2cnccn2)no1. The number of nitrogens with one attached hydrogen (secondary N) is 2. The number of halogens is 1. The van der Waals surface area contributed by atoms with Crippen molar-refractivity contribution in [1.29, 1.82) is 0 Å². The molecule has 0 bridgehead atoms. The summed E-state index contributed by atoms with van der Waals surface area (Å²) in [6, 6.07) is 11.8. The molecule has 2 aromatic heterocycles. The molecule has 2 amide bonds. The Labute approximate surface area is 182 Å². The van der Waals surface area contributed by atoms with Gasteiger partial charge in [-0.3, -0.25) is 4.98 Å². The first-order chi connectivity index (χ1) is 15.1. The Balaban J connectivity index is 1.49. The van der Waals surface area contributed by atoms with Gasteiger partial charge in [0.2, 0.25) is 11.7 Å². The third-order valence-corrected chi connectivity index (χ3v) is 4.51. The van der Waals surface area contributed by atoms with Crippen molar-refractivity contribution in [3.05, 3.63) is 77.5 Å². The van der Waals surface area contributed by atoms with Crippen molar-refractivity contribution in [3.8, 4) is 17.3 Å². The molecule has 0 aliphatic carbocycles. The molecule has 10 heteroatoms. The molecule has 2 heterocycles. The molecule has 2 aromatic carbocycles. The van der Waals surface area contributed by atoms with Crippen LogP contribution >= 0.6 is 11.6 Å². The van der Waals surface area contributed by atoms with Crippen LogP contribution in [-0.4, -0.2) is 33.2 Å². The van der Waals surface area contributed by atoms with Crippen molar-refractivity contribution in [1.82, 2.24) is 20.1 Å². The summed E-state index contributed by atoms with van der Waals surface area (Å²) in [6.45, 7) is 0. The van der Waals surface area contributed by atoms with Gasteiger partial charge < -0.3 is 19.9 Å². The zero-order chi connectivity index (χ0) is 21.6. The van der Waals surface area contributed by atoms with Gasteiger partial charge >= 0.3 is 6.03 Å². The van der Waals surface area contributed by atoms with Crippen LogP contribution in [0, 0.1) is 0 Å². The number of hydrogen-bond acceptors (Lipinski definition) is 7. The fourth-order valence-corrected chi connectivity index (χ4v) is 3.03. The molecule has 0 unspecified atom stereocenters. The number of anilines is 2. The van der Waals surface area contributed by atoms with E-state index >= 15 is 0 Å². The first kappa shape index (κ1) is 20.3. The summed E-state index contributed by atoms with van der Waals surface area (Å²) in [4.78, 5) is 25.1. The van der Waals surface area contributed by atoms with Crippen molar-refractivity contribution >= 4 is 29.0 Å². The number of carbonyl (C=O) groups is 1. The van der Waals surface area contributed by atoms with Gasteiger partial charge in [-0.15, -0.1) is 0 Å². The minimum absolute atomic E-state index is 0.324. The number of hydrogen-bond donors (Lipinski definition) is 2. The Kier molecular flexibility index (Phi) is 6.04. The zero-order valence-corrected chi connectivity index (χ0v) is 17.1. The third kappa shape index (κ3) is 4.96. The lowest BCUT2D eigenvalue weighted by atomic mass is 10.1. The molecular weight excluding hydrogens is 420 g/mol. The Hall–Kier alpha value is -3.98. The van der Waals surface area contributed by atoms with Crippen molar-refractivity contribution in [2.75, 3.05) is 17.7 Å². The average molecular weight is 437 g/mol. The molecule has 9 nitrogen and oxygen atoms in total. The van der Waals surface area contributed by atoms with Gasteiger partial charge in [-0.25, -0.2) is 9.78 Å². The van der Waals surface area contributed by atoms with Gasteiger partial charge in [0.15, 0.2) is 0 Å². The molecular formula is C21H17ClN6O3. The number of urea groups is 1. The lowest BCUT2D eigenvalue weighted by Crippen LogP contribution is -2.20. The van der Waals surface area contributed by atoms with E-state index in [0.717, 1.165) is 5.56 Å². The van der Waals surface area contributed by atoms with Gasteiger partial charge in [-0.2, -0.15) is 4.98 Å². The van der Waals surface area contributed by atoms with Crippen LogP contribution in [0.15, 0.2) is 65.6 Å². The van der Waals surface area contributed by atoms with Crippen LogP contribution in [0.25, 0.3) is 11.5 Å². The van der Waals surface area contributed by atoms with Crippen molar-refractivity contribution in [3.63, 3.8) is 0 Å². The number of ether oxygens (including phenoxy) is 1. The average Bonchev–Trinajstić information content (AvgIpc) is 3.24. The van der Waals surface area contributed by atoms with E-state index in [1.807, 2.05) is 18.2 Å². The molecule has 0 saturated heterocycles. The van der Waals surface area contributed by atoms with Gasteiger partial charge in [0.05, 0.1) is 25.4 Å². The predicted octanol–water partition coefficient (Wildman–Crippen LogP) is 4.42. The van der Waals surface area contributed by atoms with Crippen LogP contribution in [0.4, 0.5) is 16.2 Å². The van der Waals surface area contributed by atoms with E-state index in [0.29, 0.717) is 46.0 Å². The minimum atomic E-state index is -0.446. The van der Waals surface area contributed by atoms with E-state index in [4.69, 9.17) is 20.9 Å². The number of methoxy groups -OCH3 is 1. The van der Waals surface area contributed by atoms with Crippen LogP contribution < -0.4 is 15.4 Å². The summed E-state index contributed by atoms with van der Waals surface area (Å²) < 4.78 is 10.6. The van der Waals surface area contributed by atoms with Gasteiger partial charge in [-0.1, -0.05) is 35.0 Å². The van der Waals surface area contributed by atoms with Gasteiger partial charge in [0, 0.05) is 23.1 Å². The summed E-state index contributed by atoms with van der Waals surface area (Å²) >= 11 is 6.02. The van der Waals surface area contributed by atoms with Gasteiger partial charge in [0.1, 0.15) is 11.4 Å². The smallest absolute Gasteiger partial charge is 0.323 e. The van der Waals surface area contributed by atoms with Crippen LogP contribution in [0.1, 0.15) is 11.5 Å². The second-order valence-electron chi connectivity index (χ2n) is 6.36. The summed E-state index contributed by atoms with van der Waals surface area (Å²) in [7, 11) is 1.52. The largest absolute Gasteiger partial charge is 0.495 e. The van der Waals surface area contributed by atoms with Crippen molar-refractivity contribution in [2.45, 2.75) is 6.42 Å². The van der Waals surface area contributed by atoms with Crippen LogP contribution in [0.5, 0.6) is 5.75 Å². The highest BCUT2D eigenvalue weighted by Crippen LogP contribution is 2.28. The van der Waals surface area contributed by atoms with Crippen LogP contribution in [0.3, 0.4) is 0 Å². The molecule has 0 spiro atoms. The monoisotopic (exact) mass is 436 g/mol. The molecule has 0 aliphatic rings. The van der Waals surface area contributed by atoms with E-state index in [1.54, 1.807) is 42.9 Å². The minimum Gasteiger partial charge on any atom is -0.495 e. The van der Waals surface area contributed by atoms with E-state index in [1.165, 1.54) is 7.11 Å². The van der Waals surface area contributed by atoms with E-state index < -0.39 is 6.03 Å². The number of carbonyl (C=O) groups excluding carboxylic acids is 1.